The molecule has 0 aromatic heterocycles. The molecule has 0 spiro atoms. The standard InChI is InChI=1S/C10H10.H3O4P/c1-2-6-10-8-4-3-7-9(10)5-1;1-5(2,3)4/h1-3,5-7H,4,8H2;(H3,1,2,3,4). The lowest BCUT2D eigenvalue weighted by atomic mass is 9.98. The second kappa shape index (κ2) is 5.24. The SMILES string of the molecule is C1=Cc2ccccc2CC1.O=P(O)(O)O. The van der Waals surface area contributed by atoms with E-state index < -0.39 is 7.82 Å². The van der Waals surface area contributed by atoms with Crippen LogP contribution in [0.4, 0.5) is 0 Å². The number of phosphoric acid groups is 1. The van der Waals surface area contributed by atoms with Crippen molar-refractivity contribution >= 4 is 13.9 Å². The van der Waals surface area contributed by atoms with Crippen LogP contribution in [0.2, 0.25) is 0 Å². The number of hydrogen-bond donors (Lipinski definition) is 3. The van der Waals surface area contributed by atoms with Crippen LogP contribution in [-0.4, -0.2) is 14.7 Å². The van der Waals surface area contributed by atoms with Crippen LogP contribution >= 0.6 is 7.82 Å². The van der Waals surface area contributed by atoms with E-state index in [-0.39, 0.29) is 0 Å². The summed E-state index contributed by atoms with van der Waals surface area (Å²) < 4.78 is 8.88. The van der Waals surface area contributed by atoms with E-state index in [9.17, 15) is 0 Å². The monoisotopic (exact) mass is 228 g/mol. The first-order valence-corrected chi connectivity index (χ1v) is 6.06. The third kappa shape index (κ3) is 5.50. The van der Waals surface area contributed by atoms with E-state index in [1.54, 1.807) is 0 Å². The zero-order valence-corrected chi connectivity index (χ0v) is 8.97. The van der Waals surface area contributed by atoms with Gasteiger partial charge in [-0.05, 0) is 24.0 Å². The summed E-state index contributed by atoms with van der Waals surface area (Å²) in [6, 6.07) is 8.58. The van der Waals surface area contributed by atoms with Crippen molar-refractivity contribution in [2.45, 2.75) is 12.8 Å². The summed E-state index contributed by atoms with van der Waals surface area (Å²) in [5.74, 6) is 0. The van der Waals surface area contributed by atoms with Crippen LogP contribution in [0.1, 0.15) is 17.5 Å². The predicted octanol–water partition coefficient (Wildman–Crippen LogP) is 1.72. The highest BCUT2D eigenvalue weighted by atomic mass is 31.2. The first-order chi connectivity index (χ1) is 6.97. The molecule has 1 aliphatic rings. The van der Waals surface area contributed by atoms with Crippen LogP contribution < -0.4 is 0 Å². The van der Waals surface area contributed by atoms with Crippen molar-refractivity contribution in [1.82, 2.24) is 0 Å². The molecule has 1 aliphatic carbocycles. The Kier molecular flexibility index (Phi) is 4.24. The second-order valence-corrected chi connectivity index (χ2v) is 4.18. The maximum absolute atomic E-state index is 8.88. The van der Waals surface area contributed by atoms with Gasteiger partial charge in [0.1, 0.15) is 0 Å². The third-order valence-corrected chi connectivity index (χ3v) is 1.93. The largest absolute Gasteiger partial charge is 0.466 e. The summed E-state index contributed by atoms with van der Waals surface area (Å²) in [4.78, 5) is 21.6. The van der Waals surface area contributed by atoms with Gasteiger partial charge in [0, 0.05) is 0 Å². The van der Waals surface area contributed by atoms with Gasteiger partial charge in [0.2, 0.25) is 0 Å². The summed E-state index contributed by atoms with van der Waals surface area (Å²) in [6.45, 7) is 0. The molecule has 1 aromatic rings. The Hall–Kier alpha value is -0.930. The number of aryl methyl sites for hydroxylation is 1. The van der Waals surface area contributed by atoms with Gasteiger partial charge in [-0.3, -0.25) is 0 Å². The van der Waals surface area contributed by atoms with E-state index in [0.29, 0.717) is 0 Å². The van der Waals surface area contributed by atoms with Crippen molar-refractivity contribution in [3.05, 3.63) is 41.5 Å². The molecule has 0 saturated carbocycles. The van der Waals surface area contributed by atoms with Crippen molar-refractivity contribution < 1.29 is 19.2 Å². The van der Waals surface area contributed by atoms with E-state index in [2.05, 4.69) is 36.4 Å². The fraction of sp³-hybridized carbons (Fsp3) is 0.200. The van der Waals surface area contributed by atoms with Crippen LogP contribution in [0, 0.1) is 0 Å². The molecular weight excluding hydrogens is 215 g/mol. The molecule has 4 nitrogen and oxygen atoms in total. The Bertz CT molecular complexity index is 386. The van der Waals surface area contributed by atoms with Crippen molar-refractivity contribution in [3.63, 3.8) is 0 Å². The maximum Gasteiger partial charge on any atom is 0.466 e. The Labute approximate surface area is 88.1 Å². The van der Waals surface area contributed by atoms with Gasteiger partial charge < -0.3 is 14.7 Å². The van der Waals surface area contributed by atoms with E-state index in [4.69, 9.17) is 19.2 Å². The van der Waals surface area contributed by atoms with Gasteiger partial charge in [0.15, 0.2) is 0 Å². The topological polar surface area (TPSA) is 77.8 Å². The average Bonchev–Trinajstić information content (AvgIpc) is 2.16. The average molecular weight is 228 g/mol. The molecule has 0 aliphatic heterocycles. The molecule has 5 heteroatoms. The molecule has 0 saturated heterocycles. The van der Waals surface area contributed by atoms with E-state index in [1.165, 1.54) is 24.0 Å². The molecule has 0 heterocycles. The van der Waals surface area contributed by atoms with Crippen LogP contribution in [0.15, 0.2) is 30.3 Å². The molecule has 0 radical (unpaired) electrons. The lowest BCUT2D eigenvalue weighted by Crippen LogP contribution is -1.91. The Morgan fingerprint density at radius 3 is 2.33 bits per heavy atom. The molecule has 2 rings (SSSR count). The number of rotatable bonds is 0. The Balaban J connectivity index is 0.000000195. The first kappa shape index (κ1) is 12.1. The van der Waals surface area contributed by atoms with Gasteiger partial charge in [0.05, 0.1) is 0 Å². The second-order valence-electron chi connectivity index (χ2n) is 3.15. The molecule has 0 amide bonds. The molecule has 3 N–H and O–H groups in total. The van der Waals surface area contributed by atoms with Crippen LogP contribution in [0.3, 0.4) is 0 Å². The summed E-state index contributed by atoms with van der Waals surface area (Å²) in [6.07, 6.45) is 6.87. The lowest BCUT2D eigenvalue weighted by molar-refractivity contribution is 0.275. The maximum atomic E-state index is 8.88. The Morgan fingerprint density at radius 2 is 1.73 bits per heavy atom. The van der Waals surface area contributed by atoms with Gasteiger partial charge in [-0.1, -0.05) is 36.4 Å². The highest BCUT2D eigenvalue weighted by molar-refractivity contribution is 7.45. The van der Waals surface area contributed by atoms with E-state index in [1.807, 2.05) is 0 Å². The quantitative estimate of drug-likeness (QED) is 0.591. The van der Waals surface area contributed by atoms with Crippen LogP contribution in [0.5, 0.6) is 0 Å². The number of benzene rings is 1. The molecular formula is C10H13O4P. The van der Waals surface area contributed by atoms with Gasteiger partial charge >= 0.3 is 7.82 Å². The predicted molar refractivity (Wildman–Crippen MR) is 58.1 cm³/mol. The van der Waals surface area contributed by atoms with Crippen molar-refractivity contribution in [2.24, 2.45) is 0 Å². The molecule has 82 valence electrons. The van der Waals surface area contributed by atoms with Gasteiger partial charge in [-0.25, -0.2) is 4.57 Å². The van der Waals surface area contributed by atoms with Crippen LogP contribution in [-0.2, 0) is 11.0 Å². The van der Waals surface area contributed by atoms with Crippen molar-refractivity contribution in [1.29, 1.82) is 0 Å². The highest BCUT2D eigenvalue weighted by Crippen LogP contribution is 2.25. The minimum atomic E-state index is -4.64. The molecule has 0 unspecified atom stereocenters. The molecule has 1 aromatic carbocycles. The van der Waals surface area contributed by atoms with Gasteiger partial charge in [-0.2, -0.15) is 0 Å². The number of hydrogen-bond acceptors (Lipinski definition) is 1. The summed E-state index contributed by atoms with van der Waals surface area (Å²) in [5.41, 5.74) is 2.89. The van der Waals surface area contributed by atoms with Crippen molar-refractivity contribution in [3.8, 4) is 0 Å². The normalized spacial score (nSPS) is 13.8. The zero-order chi connectivity index (χ0) is 11.3. The minimum Gasteiger partial charge on any atom is -0.303 e. The molecule has 0 bridgehead atoms. The smallest absolute Gasteiger partial charge is 0.303 e. The fourth-order valence-corrected chi connectivity index (χ4v) is 1.37. The van der Waals surface area contributed by atoms with Gasteiger partial charge in [0.25, 0.3) is 0 Å². The summed E-state index contributed by atoms with van der Waals surface area (Å²) in [5, 5.41) is 0. The molecule has 0 atom stereocenters. The van der Waals surface area contributed by atoms with Gasteiger partial charge in [-0.15, -0.1) is 0 Å². The lowest BCUT2D eigenvalue weighted by Gasteiger charge is -2.07. The molecule has 0 fully saturated rings. The van der Waals surface area contributed by atoms with E-state index in [0.717, 1.165) is 0 Å². The third-order valence-electron chi connectivity index (χ3n) is 1.93. The minimum absolute atomic E-state index is 1.21. The fourth-order valence-electron chi connectivity index (χ4n) is 1.37. The summed E-state index contributed by atoms with van der Waals surface area (Å²) in [7, 11) is -4.64. The number of fused-ring (bicyclic) bond motifs is 1. The van der Waals surface area contributed by atoms with Crippen molar-refractivity contribution in [2.75, 3.05) is 0 Å². The molecule has 15 heavy (non-hydrogen) atoms. The highest BCUT2D eigenvalue weighted by Gasteiger charge is 2.00. The Morgan fingerprint density at radius 1 is 1.13 bits per heavy atom. The zero-order valence-electron chi connectivity index (χ0n) is 8.08. The first-order valence-electron chi connectivity index (χ1n) is 4.49. The van der Waals surface area contributed by atoms with Crippen LogP contribution in [0.25, 0.3) is 6.08 Å². The van der Waals surface area contributed by atoms with E-state index >= 15 is 0 Å². The number of allylic oxidation sites excluding steroid dienone is 1. The summed E-state index contributed by atoms with van der Waals surface area (Å²) >= 11 is 0.